The molecule has 4 rings (SSSR count). The largest absolute Gasteiger partial charge is 0.490 e. The fraction of sp³-hybridized carbons (Fsp3) is 0.600. The summed E-state index contributed by atoms with van der Waals surface area (Å²) in [6.45, 7) is 8.76. The van der Waals surface area contributed by atoms with Crippen molar-refractivity contribution in [3.8, 4) is 0 Å². The van der Waals surface area contributed by atoms with Crippen LogP contribution in [0, 0.1) is 0 Å². The van der Waals surface area contributed by atoms with Crippen LogP contribution >= 0.6 is 11.6 Å². The van der Waals surface area contributed by atoms with Crippen LogP contribution in [0.25, 0.3) is 0 Å². The van der Waals surface area contributed by atoms with Crippen molar-refractivity contribution in [1.29, 1.82) is 0 Å². The van der Waals surface area contributed by atoms with Crippen molar-refractivity contribution >= 4 is 35.4 Å². The van der Waals surface area contributed by atoms with Gasteiger partial charge in [0.15, 0.2) is 0 Å². The van der Waals surface area contributed by atoms with Crippen LogP contribution in [0.1, 0.15) is 39.2 Å². The highest BCUT2D eigenvalue weighted by Gasteiger charge is 2.39. The van der Waals surface area contributed by atoms with E-state index >= 15 is 0 Å². The van der Waals surface area contributed by atoms with Gasteiger partial charge in [-0.15, -0.1) is 10.2 Å². The van der Waals surface area contributed by atoms with Gasteiger partial charge < -0.3 is 25.8 Å². The predicted molar refractivity (Wildman–Crippen MR) is 143 cm³/mol. The standard InChI is InChI=1S/C23H34ClN7O2.C2HF3O2/c1-23(2,3)27-20(32)19-13-31(18(14-33-19)12-15-4-6-16(24)7-5-15)17-8-10-30(11-9-17)22-26-21(25)28-29-22;3-2(4,5)1(6)7/h4-7,17-19H,8-14H2,1-3H3,(H,27,32)(H3,25,26,28,29);(H,6,7)/t18-,19+;/m0./s1. The van der Waals surface area contributed by atoms with Crippen LogP contribution in [0.15, 0.2) is 24.3 Å². The molecule has 15 heteroatoms. The molecule has 2 aromatic rings. The summed E-state index contributed by atoms with van der Waals surface area (Å²) in [6.07, 6.45) is -2.78. The number of carbonyl (C=O) groups is 2. The number of carboxylic acid groups (broad SMARTS) is 1. The number of anilines is 2. The SMILES string of the molecule is CC(C)(C)NC(=O)[C@H]1CN(C2CCN(c3nnc(N)[nH]3)CC2)[C@@H](Cc2ccc(Cl)cc2)CO1.O=C(O)C(F)(F)F. The van der Waals surface area contributed by atoms with E-state index in [4.69, 9.17) is 32.0 Å². The number of morpholine rings is 1. The van der Waals surface area contributed by atoms with Crippen LogP contribution < -0.4 is 16.0 Å². The topological polar surface area (TPSA) is 150 Å². The van der Waals surface area contributed by atoms with E-state index in [0.717, 1.165) is 37.4 Å². The molecule has 2 aliphatic heterocycles. The number of nitrogens with one attached hydrogen (secondary N) is 2. The summed E-state index contributed by atoms with van der Waals surface area (Å²) in [5.74, 6) is -1.76. The van der Waals surface area contributed by atoms with E-state index in [1.807, 2.05) is 32.9 Å². The molecule has 0 spiro atoms. The third kappa shape index (κ3) is 9.24. The number of carbonyl (C=O) groups excluding carboxylic acids is 1. The van der Waals surface area contributed by atoms with Crippen molar-refractivity contribution in [3.63, 3.8) is 0 Å². The van der Waals surface area contributed by atoms with Gasteiger partial charge in [-0.05, 0) is 57.7 Å². The number of nitrogens with zero attached hydrogens (tertiary/aromatic N) is 4. The van der Waals surface area contributed by atoms with Gasteiger partial charge >= 0.3 is 12.1 Å². The quantitative estimate of drug-likeness (QED) is 0.413. The van der Waals surface area contributed by atoms with E-state index in [1.165, 1.54) is 5.56 Å². The van der Waals surface area contributed by atoms with E-state index in [2.05, 4.69) is 42.4 Å². The number of aromatic nitrogens is 3. The van der Waals surface area contributed by atoms with Crippen LogP contribution in [0.4, 0.5) is 25.1 Å². The summed E-state index contributed by atoms with van der Waals surface area (Å²) in [5, 5.41) is 18.9. The van der Waals surface area contributed by atoms with Crippen molar-refractivity contribution < 1.29 is 32.6 Å². The predicted octanol–water partition coefficient (Wildman–Crippen LogP) is 2.87. The Balaban J connectivity index is 0.000000559. The zero-order valence-corrected chi connectivity index (χ0v) is 23.3. The number of hydrogen-bond acceptors (Lipinski definition) is 8. The second kappa shape index (κ2) is 13.0. The number of rotatable bonds is 5. The summed E-state index contributed by atoms with van der Waals surface area (Å²) < 4.78 is 37.8. The highest BCUT2D eigenvalue weighted by Crippen LogP contribution is 2.27. The molecule has 222 valence electrons. The van der Waals surface area contributed by atoms with Gasteiger partial charge in [-0.1, -0.05) is 23.7 Å². The molecule has 2 aliphatic rings. The van der Waals surface area contributed by atoms with E-state index in [9.17, 15) is 18.0 Å². The van der Waals surface area contributed by atoms with E-state index in [1.54, 1.807) is 0 Å². The van der Waals surface area contributed by atoms with Gasteiger partial charge in [0.1, 0.15) is 6.10 Å². The average Bonchev–Trinajstić information content (AvgIpc) is 3.31. The molecule has 2 fully saturated rings. The van der Waals surface area contributed by atoms with Gasteiger partial charge in [0.25, 0.3) is 5.91 Å². The van der Waals surface area contributed by atoms with E-state index < -0.39 is 18.2 Å². The number of piperidine rings is 1. The molecule has 5 N–H and O–H groups in total. The Bertz CT molecular complexity index is 1130. The molecule has 2 atom stereocenters. The molecule has 1 amide bonds. The molecular weight excluding hydrogens is 555 g/mol. The average molecular weight is 590 g/mol. The molecule has 0 bridgehead atoms. The molecule has 1 aromatic heterocycles. The second-order valence-electron chi connectivity index (χ2n) is 10.8. The van der Waals surface area contributed by atoms with Crippen molar-refractivity contribution in [2.24, 2.45) is 0 Å². The van der Waals surface area contributed by atoms with E-state index in [-0.39, 0.29) is 17.5 Å². The number of carboxylic acids is 1. The first-order chi connectivity index (χ1) is 18.6. The highest BCUT2D eigenvalue weighted by molar-refractivity contribution is 6.30. The van der Waals surface area contributed by atoms with Crippen molar-refractivity contribution in [3.05, 3.63) is 34.9 Å². The number of benzene rings is 1. The Morgan fingerprint density at radius 2 is 1.77 bits per heavy atom. The minimum Gasteiger partial charge on any atom is -0.475 e. The third-order valence-corrected chi connectivity index (χ3v) is 6.73. The maximum absolute atomic E-state index is 12.9. The lowest BCUT2D eigenvalue weighted by atomic mass is 9.96. The first-order valence-electron chi connectivity index (χ1n) is 12.8. The van der Waals surface area contributed by atoms with Gasteiger partial charge in [0, 0.05) is 42.3 Å². The number of aromatic amines is 1. The zero-order valence-electron chi connectivity index (χ0n) is 22.5. The Morgan fingerprint density at radius 1 is 1.18 bits per heavy atom. The Labute approximate surface area is 235 Å². The van der Waals surface area contributed by atoms with Crippen LogP contribution in [0.3, 0.4) is 0 Å². The van der Waals surface area contributed by atoms with Crippen molar-refractivity contribution in [1.82, 2.24) is 25.4 Å². The van der Waals surface area contributed by atoms with Gasteiger partial charge in [-0.3, -0.25) is 14.7 Å². The zero-order chi connectivity index (χ0) is 29.7. The number of halogens is 4. The monoisotopic (exact) mass is 589 g/mol. The molecular formula is C25H35ClF3N7O4. The number of nitrogens with two attached hydrogens (primary N) is 1. The first kappa shape index (κ1) is 31.4. The number of H-pyrrole nitrogens is 1. The smallest absolute Gasteiger partial charge is 0.475 e. The van der Waals surface area contributed by atoms with Gasteiger partial charge in [0.05, 0.1) is 6.61 Å². The number of alkyl halides is 3. The molecule has 0 saturated carbocycles. The number of ether oxygens (including phenoxy) is 1. The van der Waals surface area contributed by atoms with Gasteiger partial charge in [0.2, 0.25) is 11.9 Å². The Morgan fingerprint density at radius 3 is 2.27 bits per heavy atom. The van der Waals surface area contributed by atoms with Gasteiger partial charge in [-0.2, -0.15) is 13.2 Å². The molecule has 2 saturated heterocycles. The minimum atomic E-state index is -5.08. The van der Waals surface area contributed by atoms with E-state index in [0.29, 0.717) is 31.1 Å². The van der Waals surface area contributed by atoms with Crippen LogP contribution in [0.2, 0.25) is 5.02 Å². The molecule has 1 aromatic carbocycles. The summed E-state index contributed by atoms with van der Waals surface area (Å²) in [5.41, 5.74) is 6.61. The molecule has 0 aliphatic carbocycles. The van der Waals surface area contributed by atoms with Gasteiger partial charge in [-0.25, -0.2) is 4.79 Å². The molecule has 0 radical (unpaired) electrons. The van der Waals surface area contributed by atoms with Crippen molar-refractivity contribution in [2.75, 3.05) is 36.9 Å². The summed E-state index contributed by atoms with van der Waals surface area (Å²) >= 11 is 6.07. The number of aliphatic carboxylic acids is 1. The maximum atomic E-state index is 12.9. The fourth-order valence-corrected chi connectivity index (χ4v) is 4.78. The molecule has 11 nitrogen and oxygen atoms in total. The highest BCUT2D eigenvalue weighted by atomic mass is 35.5. The minimum absolute atomic E-state index is 0.0491. The summed E-state index contributed by atoms with van der Waals surface area (Å²) in [6, 6.07) is 8.53. The van der Waals surface area contributed by atoms with Crippen LogP contribution in [-0.4, -0.2) is 93.2 Å². The fourth-order valence-electron chi connectivity index (χ4n) is 4.66. The second-order valence-corrected chi connectivity index (χ2v) is 11.2. The Hall–Kier alpha value is -3.10. The Kier molecular flexibility index (Phi) is 10.2. The molecule has 0 unspecified atom stereocenters. The summed E-state index contributed by atoms with van der Waals surface area (Å²) in [4.78, 5) is 29.4. The number of nitrogen functional groups attached to an aromatic ring is 1. The maximum Gasteiger partial charge on any atom is 0.490 e. The van der Waals surface area contributed by atoms with Crippen molar-refractivity contribution in [2.45, 2.75) is 69.9 Å². The normalized spacial score (nSPS) is 20.9. The number of hydrogen-bond donors (Lipinski definition) is 4. The van der Waals surface area contributed by atoms with Crippen LogP contribution in [0.5, 0.6) is 0 Å². The number of amides is 1. The first-order valence-corrected chi connectivity index (χ1v) is 13.2. The lowest BCUT2D eigenvalue weighted by Crippen LogP contribution is -2.61. The summed E-state index contributed by atoms with van der Waals surface area (Å²) in [7, 11) is 0. The molecule has 3 heterocycles. The molecule has 40 heavy (non-hydrogen) atoms. The lowest BCUT2D eigenvalue weighted by Gasteiger charge is -2.46. The lowest BCUT2D eigenvalue weighted by molar-refractivity contribution is -0.192. The van der Waals surface area contributed by atoms with Crippen LogP contribution in [-0.2, 0) is 20.7 Å². The third-order valence-electron chi connectivity index (χ3n) is 6.48.